The molecule has 0 bridgehead atoms. The molecule has 1 N–H and O–H groups in total. The molecule has 21 heavy (non-hydrogen) atoms. The summed E-state index contributed by atoms with van der Waals surface area (Å²) in [6.07, 6.45) is 1.47. The molecule has 0 heterocycles. The molecule has 4 heteroatoms. The third-order valence-corrected chi connectivity index (χ3v) is 3.88. The van der Waals surface area contributed by atoms with Crippen LogP contribution < -0.4 is 5.32 Å². The summed E-state index contributed by atoms with van der Waals surface area (Å²) >= 11 is 0. The fraction of sp³-hybridized carbons (Fsp3) is 0.176. The number of benzene rings is 2. The number of nitrogens with one attached hydrogen (secondary N) is 1. The van der Waals surface area contributed by atoms with Gasteiger partial charge in [-0.05, 0) is 42.7 Å². The van der Waals surface area contributed by atoms with Crippen molar-refractivity contribution in [2.75, 3.05) is 5.32 Å². The minimum atomic E-state index is -0.587. The maximum absolute atomic E-state index is 13.0. The summed E-state index contributed by atoms with van der Waals surface area (Å²) in [6.45, 7) is 0. The van der Waals surface area contributed by atoms with Crippen LogP contribution in [0.15, 0.2) is 48.5 Å². The highest BCUT2D eigenvalue weighted by atomic mass is 19.1. The molecule has 0 aromatic heterocycles. The molecule has 104 valence electrons. The number of anilines is 1. The first-order valence-corrected chi connectivity index (χ1v) is 6.72. The Morgan fingerprint density at radius 3 is 2.43 bits per heavy atom. The van der Waals surface area contributed by atoms with Crippen molar-refractivity contribution in [1.82, 2.24) is 0 Å². The zero-order valence-electron chi connectivity index (χ0n) is 11.3. The first kappa shape index (κ1) is 13.3. The lowest BCUT2D eigenvalue weighted by molar-refractivity contribution is -0.118. The van der Waals surface area contributed by atoms with Crippen LogP contribution in [0.3, 0.4) is 0 Å². The Labute approximate surface area is 122 Å². The van der Waals surface area contributed by atoms with Crippen LogP contribution >= 0.6 is 0 Å². The predicted octanol–water partition coefficient (Wildman–Crippen LogP) is 3.37. The van der Waals surface area contributed by atoms with Crippen LogP contribution in [0.1, 0.15) is 24.0 Å². The zero-order chi connectivity index (χ0) is 14.9. The summed E-state index contributed by atoms with van der Waals surface area (Å²) in [5.41, 5.74) is 1.17. The molecular weight excluding hydrogens is 267 g/mol. The largest absolute Gasteiger partial charge is 0.324 e. The van der Waals surface area contributed by atoms with Crippen LogP contribution in [-0.4, -0.2) is 5.91 Å². The minimum Gasteiger partial charge on any atom is -0.324 e. The maximum atomic E-state index is 13.0. The number of rotatable bonds is 3. The van der Waals surface area contributed by atoms with E-state index < -0.39 is 5.41 Å². The summed E-state index contributed by atoms with van der Waals surface area (Å²) in [5.74, 6) is -0.457. The van der Waals surface area contributed by atoms with Crippen LogP contribution in [0, 0.1) is 17.1 Å². The molecule has 0 aliphatic heterocycles. The van der Waals surface area contributed by atoms with Gasteiger partial charge in [-0.25, -0.2) is 4.39 Å². The number of para-hydroxylation sites is 1. The summed E-state index contributed by atoms with van der Waals surface area (Å²) in [5, 5.41) is 11.9. The Balaban J connectivity index is 1.86. The van der Waals surface area contributed by atoms with E-state index in [0.29, 0.717) is 11.3 Å². The van der Waals surface area contributed by atoms with Gasteiger partial charge >= 0.3 is 0 Å². The molecule has 1 amide bonds. The highest BCUT2D eigenvalue weighted by Crippen LogP contribution is 2.49. The normalized spacial score (nSPS) is 15.0. The van der Waals surface area contributed by atoms with E-state index in [9.17, 15) is 9.18 Å². The Kier molecular flexibility index (Phi) is 3.19. The minimum absolute atomic E-state index is 0.142. The van der Waals surface area contributed by atoms with E-state index in [-0.39, 0.29) is 11.7 Å². The highest BCUT2D eigenvalue weighted by molar-refractivity contribution is 6.02. The van der Waals surface area contributed by atoms with Crippen LogP contribution in [0.4, 0.5) is 10.1 Å². The summed E-state index contributed by atoms with van der Waals surface area (Å²) in [6, 6.07) is 15.0. The van der Waals surface area contributed by atoms with Crippen LogP contribution in [0.5, 0.6) is 0 Å². The molecule has 0 unspecified atom stereocenters. The molecule has 0 spiro atoms. The molecule has 1 aliphatic carbocycles. The number of carbonyl (C=O) groups excluding carboxylic acids is 1. The smallest absolute Gasteiger partial charge is 0.235 e. The van der Waals surface area contributed by atoms with Crippen molar-refractivity contribution in [3.05, 3.63) is 65.5 Å². The van der Waals surface area contributed by atoms with Gasteiger partial charge in [0.1, 0.15) is 11.9 Å². The second-order valence-electron chi connectivity index (χ2n) is 5.20. The first-order valence-electron chi connectivity index (χ1n) is 6.72. The molecule has 0 radical (unpaired) electrons. The fourth-order valence-electron chi connectivity index (χ4n) is 2.47. The van der Waals surface area contributed by atoms with Gasteiger partial charge < -0.3 is 5.32 Å². The van der Waals surface area contributed by atoms with Gasteiger partial charge in [0.05, 0.1) is 16.7 Å². The molecule has 1 aliphatic rings. The van der Waals surface area contributed by atoms with Gasteiger partial charge in [0, 0.05) is 0 Å². The van der Waals surface area contributed by atoms with E-state index in [1.807, 2.05) is 0 Å². The van der Waals surface area contributed by atoms with E-state index >= 15 is 0 Å². The van der Waals surface area contributed by atoms with Gasteiger partial charge in [0.2, 0.25) is 5.91 Å². The lowest BCUT2D eigenvalue weighted by Gasteiger charge is -2.16. The average molecular weight is 280 g/mol. The lowest BCUT2D eigenvalue weighted by Crippen LogP contribution is -2.28. The van der Waals surface area contributed by atoms with E-state index in [2.05, 4.69) is 11.4 Å². The monoisotopic (exact) mass is 280 g/mol. The van der Waals surface area contributed by atoms with Gasteiger partial charge in [0.25, 0.3) is 0 Å². The Bertz CT molecular complexity index is 727. The van der Waals surface area contributed by atoms with Crippen molar-refractivity contribution in [2.45, 2.75) is 18.3 Å². The van der Waals surface area contributed by atoms with Crippen molar-refractivity contribution in [3.8, 4) is 6.07 Å². The van der Waals surface area contributed by atoms with Crippen molar-refractivity contribution >= 4 is 11.6 Å². The molecule has 0 saturated heterocycles. The van der Waals surface area contributed by atoms with Crippen molar-refractivity contribution in [3.63, 3.8) is 0 Å². The van der Waals surface area contributed by atoms with Gasteiger partial charge in [0.15, 0.2) is 0 Å². The number of amides is 1. The second kappa shape index (κ2) is 5.02. The van der Waals surface area contributed by atoms with Gasteiger partial charge in [-0.15, -0.1) is 0 Å². The molecule has 0 atom stereocenters. The number of halogens is 1. The summed E-state index contributed by atoms with van der Waals surface area (Å²) < 4.78 is 13.0. The third kappa shape index (κ3) is 2.38. The Morgan fingerprint density at radius 1 is 1.14 bits per heavy atom. The van der Waals surface area contributed by atoms with Crippen LogP contribution in [0.25, 0.3) is 0 Å². The van der Waals surface area contributed by atoms with E-state index in [0.717, 1.165) is 18.4 Å². The first-order chi connectivity index (χ1) is 10.2. The van der Waals surface area contributed by atoms with E-state index in [1.54, 1.807) is 36.4 Å². The molecule has 1 fully saturated rings. The Morgan fingerprint density at radius 2 is 1.81 bits per heavy atom. The number of carbonyl (C=O) groups is 1. The molecule has 1 saturated carbocycles. The molecule has 2 aromatic carbocycles. The molecular formula is C17H13FN2O. The highest BCUT2D eigenvalue weighted by Gasteiger charge is 2.51. The molecule has 2 aromatic rings. The predicted molar refractivity (Wildman–Crippen MR) is 77.1 cm³/mol. The lowest BCUT2D eigenvalue weighted by atomic mass is 9.94. The van der Waals surface area contributed by atoms with Gasteiger partial charge in [-0.2, -0.15) is 5.26 Å². The van der Waals surface area contributed by atoms with E-state index in [4.69, 9.17) is 5.26 Å². The number of hydrogen-bond donors (Lipinski definition) is 1. The van der Waals surface area contributed by atoms with Crippen molar-refractivity contribution < 1.29 is 9.18 Å². The summed E-state index contributed by atoms with van der Waals surface area (Å²) in [7, 11) is 0. The summed E-state index contributed by atoms with van der Waals surface area (Å²) in [4.78, 5) is 12.5. The SMILES string of the molecule is N#Cc1ccccc1NC(=O)C1(c2ccc(F)cc2)CC1. The number of nitrogens with zero attached hydrogens (tertiary/aromatic N) is 1. The van der Waals surface area contributed by atoms with Crippen LogP contribution in [0.2, 0.25) is 0 Å². The Hall–Kier alpha value is -2.67. The number of nitriles is 1. The zero-order valence-corrected chi connectivity index (χ0v) is 11.3. The average Bonchev–Trinajstić information content (AvgIpc) is 3.30. The molecule has 3 nitrogen and oxygen atoms in total. The maximum Gasteiger partial charge on any atom is 0.235 e. The molecule has 3 rings (SSSR count). The van der Waals surface area contributed by atoms with Gasteiger partial charge in [-0.1, -0.05) is 24.3 Å². The standard InChI is InChI=1S/C17H13FN2O/c18-14-7-5-13(6-8-14)17(9-10-17)16(21)20-15-4-2-1-3-12(15)11-19/h1-8H,9-10H2,(H,20,21). The fourth-order valence-corrected chi connectivity index (χ4v) is 2.47. The van der Waals surface area contributed by atoms with Crippen molar-refractivity contribution in [2.24, 2.45) is 0 Å². The van der Waals surface area contributed by atoms with E-state index in [1.165, 1.54) is 12.1 Å². The van der Waals surface area contributed by atoms with Gasteiger partial charge in [-0.3, -0.25) is 4.79 Å². The topological polar surface area (TPSA) is 52.9 Å². The number of hydrogen-bond acceptors (Lipinski definition) is 2. The third-order valence-electron chi connectivity index (χ3n) is 3.88. The van der Waals surface area contributed by atoms with Crippen molar-refractivity contribution in [1.29, 1.82) is 5.26 Å². The quantitative estimate of drug-likeness (QED) is 0.937. The van der Waals surface area contributed by atoms with Crippen LogP contribution in [-0.2, 0) is 10.2 Å². The second-order valence-corrected chi connectivity index (χ2v) is 5.20.